The minimum atomic E-state index is -0.735. The maximum absolute atomic E-state index is 12.0. The van der Waals surface area contributed by atoms with Crippen LogP contribution in [0.3, 0.4) is 0 Å². The van der Waals surface area contributed by atoms with Gasteiger partial charge in [-0.15, -0.1) is 0 Å². The van der Waals surface area contributed by atoms with E-state index in [0.29, 0.717) is 19.3 Å². The van der Waals surface area contributed by atoms with Crippen LogP contribution in [0.4, 0.5) is 0 Å². The number of rotatable bonds is 4. The predicted molar refractivity (Wildman–Crippen MR) is 73.7 cm³/mol. The molecule has 2 N–H and O–H groups in total. The molecule has 0 aliphatic heterocycles. The van der Waals surface area contributed by atoms with Gasteiger partial charge in [-0.2, -0.15) is 0 Å². The molecule has 0 bridgehead atoms. The summed E-state index contributed by atoms with van der Waals surface area (Å²) in [6.07, 6.45) is 2.66. The van der Waals surface area contributed by atoms with Gasteiger partial charge in [0, 0.05) is 6.42 Å². The summed E-state index contributed by atoms with van der Waals surface area (Å²) < 4.78 is 0. The average Bonchev–Trinajstić information content (AvgIpc) is 2.58. The Hall–Kier alpha value is -1.19. The zero-order chi connectivity index (χ0) is 13.7. The van der Waals surface area contributed by atoms with Crippen molar-refractivity contribution in [3.63, 3.8) is 0 Å². The first-order valence-electron chi connectivity index (χ1n) is 7.11. The zero-order valence-corrected chi connectivity index (χ0v) is 11.2. The topological polar surface area (TPSA) is 57.5 Å². The molecule has 1 aromatic carbocycles. The summed E-state index contributed by atoms with van der Waals surface area (Å²) in [6.45, 7) is 0. The Morgan fingerprint density at radius 3 is 2.68 bits per heavy atom. The van der Waals surface area contributed by atoms with Gasteiger partial charge in [-0.05, 0) is 31.2 Å². The first kappa shape index (κ1) is 14.2. The number of hydrogen-bond acceptors (Lipinski definition) is 3. The van der Waals surface area contributed by atoms with E-state index < -0.39 is 18.1 Å². The first-order chi connectivity index (χ1) is 9.18. The lowest BCUT2D eigenvalue weighted by molar-refractivity contribution is -0.131. The van der Waals surface area contributed by atoms with Gasteiger partial charge in [-0.1, -0.05) is 36.8 Å². The molecule has 1 saturated carbocycles. The molecule has 1 aromatic rings. The van der Waals surface area contributed by atoms with E-state index in [1.54, 1.807) is 0 Å². The number of carbonyl (C=O) groups excluding carboxylic acids is 1. The lowest BCUT2D eigenvalue weighted by Crippen LogP contribution is -2.37. The lowest BCUT2D eigenvalue weighted by Gasteiger charge is -2.24. The van der Waals surface area contributed by atoms with E-state index in [-0.39, 0.29) is 5.78 Å². The van der Waals surface area contributed by atoms with Gasteiger partial charge >= 0.3 is 0 Å². The number of aryl methyl sites for hydroxylation is 1. The fourth-order valence-electron chi connectivity index (χ4n) is 2.82. The van der Waals surface area contributed by atoms with Crippen LogP contribution in [-0.2, 0) is 11.2 Å². The maximum Gasteiger partial charge on any atom is 0.141 e. The second-order valence-electron chi connectivity index (χ2n) is 5.40. The highest BCUT2D eigenvalue weighted by Crippen LogP contribution is 2.25. The minimum absolute atomic E-state index is 0.0190. The van der Waals surface area contributed by atoms with Gasteiger partial charge in [0.05, 0.1) is 18.1 Å². The number of carbonyl (C=O) groups is 1. The summed E-state index contributed by atoms with van der Waals surface area (Å²) in [5, 5.41) is 20.2. The second kappa shape index (κ2) is 6.83. The fraction of sp³-hybridized carbons (Fsp3) is 0.562. The van der Waals surface area contributed by atoms with E-state index >= 15 is 0 Å². The maximum atomic E-state index is 12.0. The number of benzene rings is 1. The van der Waals surface area contributed by atoms with E-state index in [1.807, 2.05) is 30.3 Å². The molecule has 3 heteroatoms. The second-order valence-corrected chi connectivity index (χ2v) is 5.40. The molecule has 2 rings (SSSR count). The van der Waals surface area contributed by atoms with Gasteiger partial charge in [-0.3, -0.25) is 4.79 Å². The highest BCUT2D eigenvalue weighted by molar-refractivity contribution is 5.82. The van der Waals surface area contributed by atoms with Crippen LogP contribution in [0.15, 0.2) is 30.3 Å². The van der Waals surface area contributed by atoms with Crippen LogP contribution in [0.5, 0.6) is 0 Å². The predicted octanol–water partition coefficient (Wildman–Crippen LogP) is 2.10. The van der Waals surface area contributed by atoms with Crippen molar-refractivity contribution < 1.29 is 15.0 Å². The quantitative estimate of drug-likeness (QED) is 0.817. The van der Waals surface area contributed by atoms with Crippen LogP contribution in [0.2, 0.25) is 0 Å². The summed E-state index contributed by atoms with van der Waals surface area (Å²) in [7, 11) is 0. The molecular formula is C16H22O3. The fourth-order valence-corrected chi connectivity index (χ4v) is 2.82. The normalized spacial score (nSPS) is 25.9. The number of aliphatic hydroxyl groups excluding tert-OH is 2. The SMILES string of the molecule is O=C1CCCC[C@H](O)[C@@H]1[C@@H](O)CCc1ccccc1. The van der Waals surface area contributed by atoms with Crippen molar-refractivity contribution in [3.8, 4) is 0 Å². The van der Waals surface area contributed by atoms with E-state index in [4.69, 9.17) is 0 Å². The van der Waals surface area contributed by atoms with Crippen LogP contribution in [0, 0.1) is 5.92 Å². The highest BCUT2D eigenvalue weighted by atomic mass is 16.3. The van der Waals surface area contributed by atoms with Crippen molar-refractivity contribution in [1.82, 2.24) is 0 Å². The van der Waals surface area contributed by atoms with Gasteiger partial charge in [0.1, 0.15) is 5.78 Å². The summed E-state index contributed by atoms with van der Waals surface area (Å²) in [6, 6.07) is 9.91. The van der Waals surface area contributed by atoms with E-state index in [9.17, 15) is 15.0 Å². The third kappa shape index (κ3) is 3.88. The molecule has 1 fully saturated rings. The van der Waals surface area contributed by atoms with Crippen LogP contribution in [-0.4, -0.2) is 28.2 Å². The Labute approximate surface area is 114 Å². The summed E-state index contributed by atoms with van der Waals surface area (Å²) in [5.41, 5.74) is 1.15. The minimum Gasteiger partial charge on any atom is -0.392 e. The molecule has 19 heavy (non-hydrogen) atoms. The number of ketones is 1. The smallest absolute Gasteiger partial charge is 0.141 e. The van der Waals surface area contributed by atoms with Crippen LogP contribution in [0.25, 0.3) is 0 Å². The monoisotopic (exact) mass is 262 g/mol. The number of Topliss-reactive ketones (excluding diaryl/α,β-unsaturated/α-hetero) is 1. The lowest BCUT2D eigenvalue weighted by atomic mass is 9.87. The summed E-state index contributed by atoms with van der Waals surface area (Å²) in [4.78, 5) is 12.0. The summed E-state index contributed by atoms with van der Waals surface area (Å²) in [5.74, 6) is -0.572. The molecule has 0 aromatic heterocycles. The van der Waals surface area contributed by atoms with Gasteiger partial charge in [0.25, 0.3) is 0 Å². The zero-order valence-electron chi connectivity index (χ0n) is 11.2. The Bertz CT molecular complexity index is 402. The molecule has 0 spiro atoms. The van der Waals surface area contributed by atoms with Gasteiger partial charge in [0.2, 0.25) is 0 Å². The van der Waals surface area contributed by atoms with Crippen molar-refractivity contribution in [2.45, 2.75) is 50.7 Å². The van der Waals surface area contributed by atoms with Crippen molar-refractivity contribution in [3.05, 3.63) is 35.9 Å². The average molecular weight is 262 g/mol. The van der Waals surface area contributed by atoms with E-state index in [2.05, 4.69) is 0 Å². The van der Waals surface area contributed by atoms with Crippen molar-refractivity contribution >= 4 is 5.78 Å². The molecule has 0 amide bonds. The molecule has 1 aliphatic carbocycles. The Morgan fingerprint density at radius 1 is 1.21 bits per heavy atom. The van der Waals surface area contributed by atoms with Crippen molar-refractivity contribution in [2.75, 3.05) is 0 Å². The van der Waals surface area contributed by atoms with Gasteiger partial charge < -0.3 is 10.2 Å². The van der Waals surface area contributed by atoms with Crippen LogP contribution in [0.1, 0.15) is 37.7 Å². The molecule has 3 atom stereocenters. The molecular weight excluding hydrogens is 240 g/mol. The molecule has 0 unspecified atom stereocenters. The number of aliphatic hydroxyl groups is 2. The Balaban J connectivity index is 1.94. The largest absolute Gasteiger partial charge is 0.392 e. The standard InChI is InChI=1S/C16H22O3/c17-13-8-4-5-9-14(18)16(13)15(19)11-10-12-6-2-1-3-7-12/h1-3,6-7,13,15-17,19H,4-5,8-11H2/t13-,15-,16-/m0/s1. The Kier molecular flexibility index (Phi) is 5.11. The summed E-state index contributed by atoms with van der Waals surface area (Å²) >= 11 is 0. The first-order valence-corrected chi connectivity index (χ1v) is 7.11. The third-order valence-electron chi connectivity index (χ3n) is 3.95. The third-order valence-corrected chi connectivity index (χ3v) is 3.95. The molecule has 104 valence electrons. The Morgan fingerprint density at radius 2 is 1.95 bits per heavy atom. The van der Waals surface area contributed by atoms with Gasteiger partial charge in [0.15, 0.2) is 0 Å². The molecule has 0 saturated heterocycles. The molecule has 3 nitrogen and oxygen atoms in total. The molecule has 0 heterocycles. The highest BCUT2D eigenvalue weighted by Gasteiger charge is 2.34. The van der Waals surface area contributed by atoms with E-state index in [0.717, 1.165) is 24.8 Å². The molecule has 1 aliphatic rings. The van der Waals surface area contributed by atoms with Gasteiger partial charge in [-0.25, -0.2) is 0 Å². The molecule has 0 radical (unpaired) electrons. The van der Waals surface area contributed by atoms with Crippen molar-refractivity contribution in [2.24, 2.45) is 5.92 Å². The van der Waals surface area contributed by atoms with Crippen LogP contribution >= 0.6 is 0 Å². The van der Waals surface area contributed by atoms with Crippen LogP contribution < -0.4 is 0 Å². The van der Waals surface area contributed by atoms with Crippen molar-refractivity contribution in [1.29, 1.82) is 0 Å². The van der Waals surface area contributed by atoms with E-state index in [1.165, 1.54) is 0 Å². The number of hydrogen-bond donors (Lipinski definition) is 2.